The zero-order valence-electron chi connectivity index (χ0n) is 8.70. The Labute approximate surface area is 101 Å². The Morgan fingerprint density at radius 3 is 3.06 bits per heavy atom. The third kappa shape index (κ3) is 1.26. The first-order valence-corrected chi connectivity index (χ1v) is 5.81. The summed E-state index contributed by atoms with van der Waals surface area (Å²) in [5.74, 6) is 0.951. The van der Waals surface area contributed by atoms with Crippen LogP contribution in [0.5, 0.6) is 0 Å². The van der Waals surface area contributed by atoms with Gasteiger partial charge in [-0.2, -0.15) is 0 Å². The topological polar surface area (TPSA) is 34.9 Å². The Bertz CT molecular complexity index is 601. The van der Waals surface area contributed by atoms with Crippen LogP contribution in [0.1, 0.15) is 23.0 Å². The maximum Gasteiger partial charge on any atom is 0.177 e. The summed E-state index contributed by atoms with van der Waals surface area (Å²) in [4.78, 5) is 15.7. The molecule has 0 aliphatic carbocycles. The van der Waals surface area contributed by atoms with E-state index in [9.17, 15) is 4.79 Å². The van der Waals surface area contributed by atoms with Gasteiger partial charge in [0, 0.05) is 17.0 Å². The Balaban J connectivity index is 2.22. The van der Waals surface area contributed by atoms with Gasteiger partial charge in [0.2, 0.25) is 0 Å². The number of carbonyl (C=O) groups excluding carboxylic acids is 1. The summed E-state index contributed by atoms with van der Waals surface area (Å²) in [5.41, 5.74) is 3.01. The number of imidazole rings is 1. The summed E-state index contributed by atoms with van der Waals surface area (Å²) < 4.78 is 3.01. The highest BCUT2D eigenvalue weighted by Crippen LogP contribution is 2.33. The Hall–Kier alpha value is -1.42. The van der Waals surface area contributed by atoms with Crippen LogP contribution in [0.2, 0.25) is 0 Å². The Morgan fingerprint density at radius 1 is 1.50 bits per heavy atom. The second-order valence-corrected chi connectivity index (χ2v) is 4.83. The quantitative estimate of drug-likeness (QED) is 0.641. The monoisotopic (exact) mass is 276 g/mol. The molecule has 0 bridgehead atoms. The number of nitrogens with zero attached hydrogens (tertiary/aromatic N) is 2. The zero-order valence-corrected chi connectivity index (χ0v) is 10.3. The second kappa shape index (κ2) is 3.28. The van der Waals surface area contributed by atoms with Crippen LogP contribution in [-0.2, 0) is 6.54 Å². The molecular weight excluding hydrogens is 268 g/mol. The maximum atomic E-state index is 11.4. The lowest BCUT2D eigenvalue weighted by molar-refractivity contribution is 0.101. The summed E-state index contributed by atoms with van der Waals surface area (Å²) in [6.07, 6.45) is 1.65. The summed E-state index contributed by atoms with van der Waals surface area (Å²) in [5, 5.41) is 0. The number of hydrogen-bond donors (Lipinski definition) is 0. The van der Waals surface area contributed by atoms with Gasteiger partial charge in [0.1, 0.15) is 11.5 Å². The van der Waals surface area contributed by atoms with E-state index in [0.29, 0.717) is 5.69 Å². The van der Waals surface area contributed by atoms with E-state index in [4.69, 9.17) is 0 Å². The van der Waals surface area contributed by atoms with E-state index in [0.717, 1.165) is 22.4 Å². The van der Waals surface area contributed by atoms with Crippen molar-refractivity contribution in [2.75, 3.05) is 0 Å². The van der Waals surface area contributed by atoms with Gasteiger partial charge in [-0.15, -0.1) is 0 Å². The van der Waals surface area contributed by atoms with Crippen LogP contribution in [0.25, 0.3) is 11.4 Å². The highest BCUT2D eigenvalue weighted by Gasteiger charge is 2.23. The van der Waals surface area contributed by atoms with Crippen molar-refractivity contribution in [3.63, 3.8) is 0 Å². The highest BCUT2D eigenvalue weighted by atomic mass is 79.9. The number of fused-ring (bicyclic) bond motifs is 3. The molecule has 0 N–H and O–H groups in total. The van der Waals surface area contributed by atoms with Gasteiger partial charge in [0.25, 0.3) is 0 Å². The van der Waals surface area contributed by atoms with Crippen LogP contribution >= 0.6 is 15.9 Å². The van der Waals surface area contributed by atoms with Crippen LogP contribution in [-0.4, -0.2) is 15.3 Å². The molecule has 1 aromatic carbocycles. The highest BCUT2D eigenvalue weighted by molar-refractivity contribution is 9.10. The van der Waals surface area contributed by atoms with Crippen molar-refractivity contribution in [3.05, 3.63) is 40.1 Å². The third-order valence-corrected chi connectivity index (χ3v) is 3.35. The Morgan fingerprint density at radius 2 is 2.31 bits per heavy atom. The molecule has 0 unspecified atom stereocenters. The fourth-order valence-electron chi connectivity index (χ4n) is 2.10. The lowest BCUT2D eigenvalue weighted by atomic mass is 10.1. The molecule has 16 heavy (non-hydrogen) atoms. The predicted octanol–water partition coefficient (Wildman–Crippen LogP) is 2.88. The molecule has 0 saturated carbocycles. The van der Waals surface area contributed by atoms with Crippen molar-refractivity contribution >= 4 is 21.7 Å². The first-order chi connectivity index (χ1) is 7.66. The number of benzene rings is 1. The van der Waals surface area contributed by atoms with Gasteiger partial charge in [-0.25, -0.2) is 4.98 Å². The maximum absolute atomic E-state index is 11.4. The van der Waals surface area contributed by atoms with Crippen LogP contribution in [0.3, 0.4) is 0 Å². The van der Waals surface area contributed by atoms with Crippen molar-refractivity contribution in [2.24, 2.45) is 0 Å². The molecule has 80 valence electrons. The molecule has 3 nitrogen and oxygen atoms in total. The second-order valence-electron chi connectivity index (χ2n) is 3.91. The van der Waals surface area contributed by atoms with Gasteiger partial charge < -0.3 is 4.57 Å². The molecule has 0 fully saturated rings. The van der Waals surface area contributed by atoms with Gasteiger partial charge in [0.05, 0.1) is 12.7 Å². The minimum absolute atomic E-state index is 0.0608. The van der Waals surface area contributed by atoms with Crippen molar-refractivity contribution in [3.8, 4) is 11.4 Å². The SMILES string of the molecule is CC(=O)c1cnc2n1Cc1ccc(Br)cc1-2. The molecule has 0 atom stereocenters. The van der Waals surface area contributed by atoms with Crippen LogP contribution in [0, 0.1) is 0 Å². The van der Waals surface area contributed by atoms with Gasteiger partial charge in [-0.05, 0) is 17.7 Å². The van der Waals surface area contributed by atoms with Crippen molar-refractivity contribution in [1.29, 1.82) is 0 Å². The summed E-state index contributed by atoms with van der Waals surface area (Å²) in [6.45, 7) is 2.32. The molecule has 0 spiro atoms. The molecule has 1 aliphatic rings. The first-order valence-electron chi connectivity index (χ1n) is 5.02. The van der Waals surface area contributed by atoms with E-state index < -0.39 is 0 Å². The summed E-state index contributed by atoms with van der Waals surface area (Å²) in [7, 11) is 0. The van der Waals surface area contributed by atoms with E-state index in [1.165, 1.54) is 5.56 Å². The van der Waals surface area contributed by atoms with E-state index >= 15 is 0 Å². The molecular formula is C12H9BrN2O. The standard InChI is InChI=1S/C12H9BrN2O/c1-7(16)11-5-14-12-10-4-9(13)3-2-8(10)6-15(11)12/h2-5H,6H2,1H3. The lowest BCUT2D eigenvalue weighted by Crippen LogP contribution is -2.03. The van der Waals surface area contributed by atoms with E-state index in [-0.39, 0.29) is 5.78 Å². The van der Waals surface area contributed by atoms with Gasteiger partial charge in [0.15, 0.2) is 5.78 Å². The molecule has 2 aromatic rings. The van der Waals surface area contributed by atoms with Crippen molar-refractivity contribution in [2.45, 2.75) is 13.5 Å². The molecule has 2 heterocycles. The number of halogens is 1. The zero-order chi connectivity index (χ0) is 11.3. The van der Waals surface area contributed by atoms with Crippen LogP contribution in [0.4, 0.5) is 0 Å². The number of Topliss-reactive ketones (excluding diaryl/α,β-unsaturated/α-hetero) is 1. The largest absolute Gasteiger partial charge is 0.317 e. The number of aromatic nitrogens is 2. The van der Waals surface area contributed by atoms with Crippen molar-refractivity contribution in [1.82, 2.24) is 9.55 Å². The minimum Gasteiger partial charge on any atom is -0.317 e. The molecule has 0 radical (unpaired) electrons. The fraction of sp³-hybridized carbons (Fsp3) is 0.167. The van der Waals surface area contributed by atoms with Crippen LogP contribution in [0.15, 0.2) is 28.9 Å². The molecule has 3 rings (SSSR count). The number of ketones is 1. The number of hydrogen-bond acceptors (Lipinski definition) is 2. The molecule has 0 amide bonds. The van der Waals surface area contributed by atoms with E-state index in [2.05, 4.69) is 27.0 Å². The van der Waals surface area contributed by atoms with E-state index in [1.54, 1.807) is 13.1 Å². The fourth-order valence-corrected chi connectivity index (χ4v) is 2.46. The number of carbonyl (C=O) groups is 1. The summed E-state index contributed by atoms with van der Waals surface area (Å²) >= 11 is 3.45. The van der Waals surface area contributed by atoms with Gasteiger partial charge in [-0.1, -0.05) is 22.0 Å². The normalized spacial score (nSPS) is 12.4. The van der Waals surface area contributed by atoms with Gasteiger partial charge >= 0.3 is 0 Å². The molecule has 1 aromatic heterocycles. The molecule has 1 aliphatic heterocycles. The van der Waals surface area contributed by atoms with E-state index in [1.807, 2.05) is 16.7 Å². The summed E-state index contributed by atoms with van der Waals surface area (Å²) in [6, 6.07) is 6.13. The average Bonchev–Trinajstić information content (AvgIpc) is 2.76. The van der Waals surface area contributed by atoms with Crippen molar-refractivity contribution < 1.29 is 4.79 Å². The predicted molar refractivity (Wildman–Crippen MR) is 64.5 cm³/mol. The average molecular weight is 277 g/mol. The van der Waals surface area contributed by atoms with Crippen LogP contribution < -0.4 is 0 Å². The third-order valence-electron chi connectivity index (χ3n) is 2.86. The smallest absolute Gasteiger partial charge is 0.177 e. The Kier molecular flexibility index (Phi) is 2.01. The lowest BCUT2D eigenvalue weighted by Gasteiger charge is -1.99. The van der Waals surface area contributed by atoms with Gasteiger partial charge in [-0.3, -0.25) is 4.79 Å². The molecule has 4 heteroatoms. The minimum atomic E-state index is 0.0608. The molecule has 0 saturated heterocycles. The first kappa shape index (κ1) is 9.78. The number of rotatable bonds is 1.